The normalized spacial score (nSPS) is 20.2. The molecule has 158 valence electrons. The Hall–Kier alpha value is -3.61. The molecule has 0 unspecified atom stereocenters. The topological polar surface area (TPSA) is 94.3 Å². The van der Waals surface area contributed by atoms with Crippen molar-refractivity contribution in [2.45, 2.75) is 31.2 Å². The molecule has 3 N–H and O–H groups in total. The number of amides is 4. The lowest BCUT2D eigenvalue weighted by Crippen LogP contribution is -2.47. The summed E-state index contributed by atoms with van der Waals surface area (Å²) in [6.45, 7) is 0.154. The quantitative estimate of drug-likeness (QED) is 0.558. The molecule has 7 nitrogen and oxygen atoms in total. The number of rotatable bonds is 5. The molecule has 1 aromatic heterocycles. The molecule has 2 aromatic carbocycles. The Morgan fingerprint density at radius 3 is 2.81 bits per heavy atom. The third kappa shape index (κ3) is 3.26. The lowest BCUT2D eigenvalue weighted by atomic mass is 9.76. The number of hydrogen-bond acceptors (Lipinski definition) is 3. The summed E-state index contributed by atoms with van der Waals surface area (Å²) < 4.78 is 0. The fourth-order valence-electron chi connectivity index (χ4n) is 4.83. The van der Waals surface area contributed by atoms with Gasteiger partial charge in [-0.15, -0.1) is 0 Å². The van der Waals surface area contributed by atoms with Gasteiger partial charge in [-0.25, -0.2) is 4.79 Å². The van der Waals surface area contributed by atoms with Crippen molar-refractivity contribution in [2.75, 3.05) is 13.1 Å². The van der Waals surface area contributed by atoms with Crippen LogP contribution in [-0.2, 0) is 28.0 Å². The van der Waals surface area contributed by atoms with Crippen LogP contribution in [0.1, 0.15) is 29.5 Å². The maximum Gasteiger partial charge on any atom is 0.325 e. The summed E-state index contributed by atoms with van der Waals surface area (Å²) in [6.07, 6.45) is 4.85. The number of para-hydroxylation sites is 1. The first kappa shape index (κ1) is 19.4. The predicted octanol–water partition coefficient (Wildman–Crippen LogP) is 2.61. The van der Waals surface area contributed by atoms with Crippen molar-refractivity contribution in [1.29, 1.82) is 0 Å². The van der Waals surface area contributed by atoms with Crippen molar-refractivity contribution in [3.63, 3.8) is 0 Å². The predicted molar refractivity (Wildman–Crippen MR) is 116 cm³/mol. The van der Waals surface area contributed by atoms with Crippen LogP contribution < -0.4 is 10.6 Å². The second kappa shape index (κ2) is 7.58. The molecule has 1 aliphatic carbocycles. The van der Waals surface area contributed by atoms with Crippen LogP contribution in [-0.4, -0.2) is 40.8 Å². The minimum Gasteiger partial charge on any atom is -0.361 e. The molecule has 0 saturated carbocycles. The number of benzene rings is 2. The number of aryl methyl sites for hydroxylation is 1. The van der Waals surface area contributed by atoms with E-state index in [0.29, 0.717) is 19.4 Å². The molecule has 0 radical (unpaired) electrons. The molecule has 3 aromatic rings. The maximum absolute atomic E-state index is 13.3. The van der Waals surface area contributed by atoms with E-state index in [9.17, 15) is 14.4 Å². The maximum atomic E-state index is 13.3. The number of urea groups is 1. The minimum atomic E-state index is -1.05. The van der Waals surface area contributed by atoms with Gasteiger partial charge in [0.25, 0.3) is 5.91 Å². The van der Waals surface area contributed by atoms with E-state index in [1.165, 1.54) is 0 Å². The molecule has 1 atom stereocenters. The smallest absolute Gasteiger partial charge is 0.325 e. The van der Waals surface area contributed by atoms with E-state index in [1.54, 1.807) is 0 Å². The van der Waals surface area contributed by atoms with Gasteiger partial charge in [0.05, 0.1) is 0 Å². The van der Waals surface area contributed by atoms with Crippen LogP contribution in [0.15, 0.2) is 54.7 Å². The van der Waals surface area contributed by atoms with Crippen molar-refractivity contribution < 1.29 is 14.4 Å². The van der Waals surface area contributed by atoms with Crippen molar-refractivity contribution in [1.82, 2.24) is 20.5 Å². The number of fused-ring (bicyclic) bond motifs is 3. The summed E-state index contributed by atoms with van der Waals surface area (Å²) in [5.74, 6) is -0.680. The van der Waals surface area contributed by atoms with E-state index >= 15 is 0 Å². The van der Waals surface area contributed by atoms with Gasteiger partial charge in [0, 0.05) is 23.6 Å². The fourth-order valence-corrected chi connectivity index (χ4v) is 4.83. The number of hydrogen-bond donors (Lipinski definition) is 3. The highest BCUT2D eigenvalue weighted by molar-refractivity contribution is 6.09. The molecule has 1 spiro atoms. The van der Waals surface area contributed by atoms with E-state index in [-0.39, 0.29) is 18.4 Å². The highest BCUT2D eigenvalue weighted by Crippen LogP contribution is 2.39. The summed E-state index contributed by atoms with van der Waals surface area (Å²) in [6, 6.07) is 15.2. The average Bonchev–Trinajstić information content (AvgIpc) is 3.29. The van der Waals surface area contributed by atoms with Crippen LogP contribution in [0.5, 0.6) is 0 Å². The summed E-state index contributed by atoms with van der Waals surface area (Å²) in [7, 11) is 0. The third-order valence-electron chi connectivity index (χ3n) is 6.34. The van der Waals surface area contributed by atoms with E-state index in [0.717, 1.165) is 45.3 Å². The first-order valence-corrected chi connectivity index (χ1v) is 10.6. The molecule has 4 amide bonds. The number of nitrogens with zero attached hydrogens (tertiary/aromatic N) is 1. The van der Waals surface area contributed by atoms with Gasteiger partial charge in [-0.05, 0) is 48.4 Å². The zero-order valence-corrected chi connectivity index (χ0v) is 17.1. The number of aromatic nitrogens is 1. The molecule has 7 heteroatoms. The molecule has 2 aliphatic rings. The van der Waals surface area contributed by atoms with Crippen LogP contribution in [0.25, 0.3) is 10.9 Å². The van der Waals surface area contributed by atoms with Crippen LogP contribution >= 0.6 is 0 Å². The fraction of sp³-hybridized carbons (Fsp3) is 0.292. The Kier molecular flexibility index (Phi) is 4.73. The van der Waals surface area contributed by atoms with E-state index in [1.807, 2.05) is 54.7 Å². The van der Waals surface area contributed by atoms with E-state index in [4.69, 9.17) is 0 Å². The van der Waals surface area contributed by atoms with Gasteiger partial charge in [0.15, 0.2) is 0 Å². The highest BCUT2D eigenvalue weighted by atomic mass is 16.2. The summed E-state index contributed by atoms with van der Waals surface area (Å²) in [5.41, 5.74) is 3.05. The van der Waals surface area contributed by atoms with Gasteiger partial charge >= 0.3 is 6.03 Å². The van der Waals surface area contributed by atoms with E-state index in [2.05, 4.69) is 15.6 Å². The number of nitrogens with one attached hydrogen (secondary N) is 3. The number of carbonyl (C=O) groups is 3. The summed E-state index contributed by atoms with van der Waals surface area (Å²) >= 11 is 0. The van der Waals surface area contributed by atoms with Gasteiger partial charge in [0.1, 0.15) is 12.1 Å². The van der Waals surface area contributed by atoms with Gasteiger partial charge in [-0.1, -0.05) is 42.5 Å². The molecular formula is C24H24N4O3. The first-order chi connectivity index (χ1) is 15.1. The van der Waals surface area contributed by atoms with Crippen LogP contribution in [0.4, 0.5) is 4.79 Å². The zero-order chi connectivity index (χ0) is 21.4. The third-order valence-corrected chi connectivity index (χ3v) is 6.34. The second-order valence-electron chi connectivity index (χ2n) is 8.20. The SMILES string of the molecule is O=C(CN1C(=O)N[C@]2(CCCc3ccccc32)C1=O)NCCc1c[nH]c2ccccc12. The Balaban J connectivity index is 1.24. The first-order valence-electron chi connectivity index (χ1n) is 10.6. The van der Waals surface area contributed by atoms with Crippen LogP contribution in [0, 0.1) is 0 Å². The number of carbonyl (C=O) groups excluding carboxylic acids is 3. The van der Waals surface area contributed by atoms with Gasteiger partial charge in [-0.3, -0.25) is 14.5 Å². The summed E-state index contributed by atoms with van der Waals surface area (Å²) in [5, 5.41) is 6.85. The Morgan fingerprint density at radius 2 is 1.90 bits per heavy atom. The van der Waals surface area contributed by atoms with Crippen molar-refractivity contribution in [3.05, 3.63) is 71.4 Å². The largest absolute Gasteiger partial charge is 0.361 e. The van der Waals surface area contributed by atoms with Crippen molar-refractivity contribution >= 4 is 28.7 Å². The molecule has 2 heterocycles. The summed E-state index contributed by atoms with van der Waals surface area (Å²) in [4.78, 5) is 42.6. The van der Waals surface area contributed by atoms with Gasteiger partial charge < -0.3 is 15.6 Å². The molecule has 31 heavy (non-hydrogen) atoms. The minimum absolute atomic E-state index is 0.275. The number of aromatic amines is 1. The van der Waals surface area contributed by atoms with Crippen molar-refractivity contribution in [3.8, 4) is 0 Å². The molecule has 0 bridgehead atoms. The molecule has 1 fully saturated rings. The molecule has 5 rings (SSSR count). The highest BCUT2D eigenvalue weighted by Gasteiger charge is 2.54. The lowest BCUT2D eigenvalue weighted by Gasteiger charge is -2.33. The average molecular weight is 416 g/mol. The van der Waals surface area contributed by atoms with Crippen LogP contribution in [0.3, 0.4) is 0 Å². The zero-order valence-electron chi connectivity index (χ0n) is 17.1. The number of imide groups is 1. The molecule has 1 aliphatic heterocycles. The number of H-pyrrole nitrogens is 1. The van der Waals surface area contributed by atoms with Crippen LogP contribution in [0.2, 0.25) is 0 Å². The lowest BCUT2D eigenvalue weighted by molar-refractivity contribution is -0.135. The Bertz CT molecular complexity index is 1180. The Labute approximate surface area is 179 Å². The standard InChI is InChI=1S/C24H24N4O3/c29-21(25-13-11-17-14-26-20-10-4-2-8-18(17)20)15-28-22(30)24(27-23(28)31)12-5-7-16-6-1-3-9-19(16)24/h1-4,6,8-10,14,26H,5,7,11-13,15H2,(H,25,29)(H,27,31)/t24-/m0/s1. The van der Waals surface area contributed by atoms with Gasteiger partial charge in [-0.2, -0.15) is 0 Å². The van der Waals surface area contributed by atoms with E-state index < -0.39 is 11.6 Å². The molecule has 1 saturated heterocycles. The second-order valence-corrected chi connectivity index (χ2v) is 8.20. The molecular weight excluding hydrogens is 392 g/mol. The van der Waals surface area contributed by atoms with Gasteiger partial charge in [0.2, 0.25) is 5.91 Å². The Morgan fingerprint density at radius 1 is 1.10 bits per heavy atom. The monoisotopic (exact) mass is 416 g/mol. The van der Waals surface area contributed by atoms with Crippen molar-refractivity contribution in [2.24, 2.45) is 0 Å².